The fourth-order valence-electron chi connectivity index (χ4n) is 2.35. The number of Topliss-reactive ketones (excluding diaryl/α,β-unsaturated/α-hetero) is 1. The Labute approximate surface area is 145 Å². The number of aliphatic hydroxyl groups excluding tert-OH is 1. The highest BCUT2D eigenvalue weighted by Crippen LogP contribution is 2.14. The minimum atomic E-state index is -0.724. The predicted molar refractivity (Wildman–Crippen MR) is 93.4 cm³/mol. The van der Waals surface area contributed by atoms with Crippen LogP contribution in [0.25, 0.3) is 11.4 Å². The van der Waals surface area contributed by atoms with Crippen LogP contribution in [-0.2, 0) is 6.54 Å². The first-order valence-corrected chi connectivity index (χ1v) is 7.98. The summed E-state index contributed by atoms with van der Waals surface area (Å²) in [6.07, 6.45) is 0.866. The zero-order valence-corrected chi connectivity index (χ0v) is 13.9. The first kappa shape index (κ1) is 16.9. The van der Waals surface area contributed by atoms with Crippen molar-refractivity contribution in [3.8, 4) is 17.1 Å². The molecule has 128 valence electrons. The van der Waals surface area contributed by atoms with Crippen molar-refractivity contribution in [2.24, 2.45) is 0 Å². The van der Waals surface area contributed by atoms with E-state index in [-0.39, 0.29) is 18.9 Å². The van der Waals surface area contributed by atoms with Crippen molar-refractivity contribution < 1.29 is 14.6 Å². The summed E-state index contributed by atoms with van der Waals surface area (Å²) in [5.41, 5.74) is 1.56. The second-order valence-corrected chi connectivity index (χ2v) is 5.70. The van der Waals surface area contributed by atoms with Gasteiger partial charge in [-0.15, -0.1) is 0 Å². The van der Waals surface area contributed by atoms with Crippen molar-refractivity contribution in [3.05, 3.63) is 66.5 Å². The summed E-state index contributed by atoms with van der Waals surface area (Å²) in [7, 11) is 0. The summed E-state index contributed by atoms with van der Waals surface area (Å²) in [5, 5.41) is 14.5. The second kappa shape index (κ2) is 7.72. The van der Waals surface area contributed by atoms with Gasteiger partial charge in [0.2, 0.25) is 0 Å². The Morgan fingerprint density at radius 3 is 2.56 bits per heavy atom. The van der Waals surface area contributed by atoms with Crippen molar-refractivity contribution >= 4 is 5.78 Å². The van der Waals surface area contributed by atoms with Crippen molar-refractivity contribution in [2.75, 3.05) is 6.61 Å². The molecule has 1 unspecified atom stereocenters. The number of rotatable bonds is 7. The third kappa shape index (κ3) is 4.51. The normalized spacial score (nSPS) is 11.9. The van der Waals surface area contributed by atoms with Crippen molar-refractivity contribution in [1.82, 2.24) is 14.8 Å². The van der Waals surface area contributed by atoms with Gasteiger partial charge in [-0.25, -0.2) is 9.67 Å². The van der Waals surface area contributed by atoms with E-state index >= 15 is 0 Å². The molecule has 0 aliphatic heterocycles. The second-order valence-electron chi connectivity index (χ2n) is 5.70. The molecule has 25 heavy (non-hydrogen) atoms. The third-order valence-corrected chi connectivity index (χ3v) is 3.67. The summed E-state index contributed by atoms with van der Waals surface area (Å²) in [5.74, 6) is 1.23. The Balaban J connectivity index is 1.53. The molecule has 1 atom stereocenters. The zero-order valence-electron chi connectivity index (χ0n) is 13.9. The van der Waals surface area contributed by atoms with E-state index in [1.807, 2.05) is 30.3 Å². The van der Waals surface area contributed by atoms with Gasteiger partial charge in [-0.05, 0) is 31.2 Å². The zero-order chi connectivity index (χ0) is 17.6. The smallest absolute Gasteiger partial charge is 0.181 e. The average molecular weight is 337 g/mol. The summed E-state index contributed by atoms with van der Waals surface area (Å²) in [4.78, 5) is 15.5. The van der Waals surface area contributed by atoms with Gasteiger partial charge in [0, 0.05) is 11.1 Å². The number of aromatic nitrogens is 3. The van der Waals surface area contributed by atoms with Gasteiger partial charge >= 0.3 is 0 Å². The van der Waals surface area contributed by atoms with Crippen LogP contribution in [0.5, 0.6) is 5.75 Å². The SMILES string of the molecule is CC(=O)c1ccc(OCC(O)Cn2cnc(-c3ccccc3)n2)cc1. The lowest BCUT2D eigenvalue weighted by Crippen LogP contribution is -2.23. The number of hydrogen-bond acceptors (Lipinski definition) is 5. The van der Waals surface area contributed by atoms with Gasteiger partial charge < -0.3 is 9.84 Å². The lowest BCUT2D eigenvalue weighted by Gasteiger charge is -2.12. The van der Waals surface area contributed by atoms with Crippen molar-refractivity contribution in [2.45, 2.75) is 19.6 Å². The number of hydrogen-bond donors (Lipinski definition) is 1. The standard InChI is InChI=1S/C19H19N3O3/c1-14(23)15-7-9-18(10-8-15)25-12-17(24)11-22-13-20-19(21-22)16-5-3-2-4-6-16/h2-10,13,17,24H,11-12H2,1H3. The van der Waals surface area contributed by atoms with Crippen LogP contribution < -0.4 is 4.74 Å². The monoisotopic (exact) mass is 337 g/mol. The summed E-state index contributed by atoms with van der Waals surface area (Å²) in [6.45, 7) is 1.92. The number of aliphatic hydroxyl groups is 1. The summed E-state index contributed by atoms with van der Waals surface area (Å²) >= 11 is 0. The Morgan fingerprint density at radius 1 is 1.16 bits per heavy atom. The molecule has 0 saturated carbocycles. The van der Waals surface area contributed by atoms with Crippen LogP contribution in [-0.4, -0.2) is 38.4 Å². The van der Waals surface area contributed by atoms with Crippen LogP contribution in [0.4, 0.5) is 0 Å². The largest absolute Gasteiger partial charge is 0.491 e. The average Bonchev–Trinajstić information content (AvgIpc) is 3.09. The maximum absolute atomic E-state index is 11.2. The minimum Gasteiger partial charge on any atom is -0.491 e. The van der Waals surface area contributed by atoms with Crippen LogP contribution >= 0.6 is 0 Å². The fraction of sp³-hybridized carbons (Fsp3) is 0.211. The number of ether oxygens (including phenoxy) is 1. The van der Waals surface area contributed by atoms with E-state index in [1.165, 1.54) is 6.92 Å². The van der Waals surface area contributed by atoms with E-state index in [9.17, 15) is 9.90 Å². The van der Waals surface area contributed by atoms with Gasteiger partial charge in [-0.2, -0.15) is 5.10 Å². The highest BCUT2D eigenvalue weighted by Gasteiger charge is 2.10. The van der Waals surface area contributed by atoms with Crippen LogP contribution in [0.2, 0.25) is 0 Å². The lowest BCUT2D eigenvalue weighted by atomic mass is 10.1. The van der Waals surface area contributed by atoms with E-state index in [1.54, 1.807) is 35.3 Å². The minimum absolute atomic E-state index is 0.00647. The summed E-state index contributed by atoms with van der Waals surface area (Å²) < 4.78 is 7.14. The van der Waals surface area contributed by atoms with Gasteiger partial charge in [0.05, 0.1) is 6.54 Å². The van der Waals surface area contributed by atoms with E-state index in [2.05, 4.69) is 10.1 Å². The molecule has 0 saturated heterocycles. The number of benzene rings is 2. The highest BCUT2D eigenvalue weighted by molar-refractivity contribution is 5.94. The van der Waals surface area contributed by atoms with Crippen LogP contribution in [0.3, 0.4) is 0 Å². The van der Waals surface area contributed by atoms with Crippen molar-refractivity contribution in [1.29, 1.82) is 0 Å². The molecule has 0 fully saturated rings. The Morgan fingerprint density at radius 2 is 1.88 bits per heavy atom. The Kier molecular flexibility index (Phi) is 5.20. The molecule has 0 aliphatic carbocycles. The maximum atomic E-state index is 11.2. The van der Waals surface area contributed by atoms with Crippen LogP contribution in [0.15, 0.2) is 60.9 Å². The molecule has 6 nitrogen and oxygen atoms in total. The van der Waals surface area contributed by atoms with Crippen LogP contribution in [0, 0.1) is 0 Å². The van der Waals surface area contributed by atoms with Crippen molar-refractivity contribution in [3.63, 3.8) is 0 Å². The van der Waals surface area contributed by atoms with Gasteiger partial charge in [0.1, 0.15) is 24.8 Å². The molecular formula is C19H19N3O3. The van der Waals surface area contributed by atoms with E-state index in [0.29, 0.717) is 17.1 Å². The van der Waals surface area contributed by atoms with Crippen LogP contribution in [0.1, 0.15) is 17.3 Å². The molecule has 2 aromatic carbocycles. The number of nitrogens with zero attached hydrogens (tertiary/aromatic N) is 3. The van der Waals surface area contributed by atoms with Gasteiger partial charge in [-0.3, -0.25) is 4.79 Å². The first-order chi connectivity index (χ1) is 12.1. The van der Waals surface area contributed by atoms with Gasteiger partial charge in [-0.1, -0.05) is 30.3 Å². The Hall–Kier alpha value is -2.99. The van der Waals surface area contributed by atoms with Gasteiger partial charge in [0.25, 0.3) is 0 Å². The van der Waals surface area contributed by atoms with E-state index < -0.39 is 6.10 Å². The molecule has 0 spiro atoms. The quantitative estimate of drug-likeness (QED) is 0.671. The first-order valence-electron chi connectivity index (χ1n) is 7.98. The molecule has 0 aliphatic rings. The molecule has 3 rings (SSSR count). The number of carbonyl (C=O) groups is 1. The molecular weight excluding hydrogens is 318 g/mol. The fourth-order valence-corrected chi connectivity index (χ4v) is 2.35. The van der Waals surface area contributed by atoms with Gasteiger partial charge in [0.15, 0.2) is 11.6 Å². The number of carbonyl (C=O) groups excluding carboxylic acids is 1. The highest BCUT2D eigenvalue weighted by atomic mass is 16.5. The predicted octanol–water partition coefficient (Wildman–Crippen LogP) is 2.59. The molecule has 1 heterocycles. The third-order valence-electron chi connectivity index (χ3n) is 3.67. The number of ketones is 1. The Bertz CT molecular complexity index is 829. The lowest BCUT2D eigenvalue weighted by molar-refractivity contribution is 0.0892. The van der Waals surface area contributed by atoms with E-state index in [4.69, 9.17) is 4.74 Å². The molecule has 1 N–H and O–H groups in total. The topological polar surface area (TPSA) is 77.2 Å². The molecule has 3 aromatic rings. The molecule has 1 aromatic heterocycles. The van der Waals surface area contributed by atoms with E-state index in [0.717, 1.165) is 5.56 Å². The molecule has 0 bridgehead atoms. The maximum Gasteiger partial charge on any atom is 0.181 e. The summed E-state index contributed by atoms with van der Waals surface area (Å²) in [6, 6.07) is 16.5. The molecule has 0 amide bonds. The molecule has 0 radical (unpaired) electrons. The molecule has 6 heteroatoms.